The van der Waals surface area contributed by atoms with Gasteiger partial charge in [-0.2, -0.15) is 0 Å². The largest absolute Gasteiger partial charge is 0.495 e. The Balaban J connectivity index is 1.75. The number of nitrogens with two attached hydrogens (primary N) is 1. The normalized spacial score (nSPS) is 16.7. The SMILES string of the molecule is COc1ccccc1NC(N)=NCC(c1cccc(Cl)c1)N1CCOCC1. The van der Waals surface area contributed by atoms with Crippen LogP contribution in [0.5, 0.6) is 5.75 Å². The fraction of sp³-hybridized carbons (Fsp3) is 0.350. The van der Waals surface area contributed by atoms with Crippen molar-refractivity contribution in [3.05, 3.63) is 59.1 Å². The van der Waals surface area contributed by atoms with Gasteiger partial charge in [-0.25, -0.2) is 0 Å². The highest BCUT2D eigenvalue weighted by Gasteiger charge is 2.22. The van der Waals surface area contributed by atoms with Crippen molar-refractivity contribution in [2.45, 2.75) is 6.04 Å². The molecule has 0 bridgehead atoms. The molecule has 1 atom stereocenters. The maximum atomic E-state index is 6.20. The summed E-state index contributed by atoms with van der Waals surface area (Å²) in [6.07, 6.45) is 0. The molecule has 0 spiro atoms. The van der Waals surface area contributed by atoms with Gasteiger partial charge in [0.1, 0.15) is 5.75 Å². The zero-order valence-corrected chi connectivity index (χ0v) is 16.2. The lowest BCUT2D eigenvalue weighted by atomic mass is 10.0. The van der Waals surface area contributed by atoms with Crippen LogP contribution in [0.1, 0.15) is 11.6 Å². The Morgan fingerprint density at radius 3 is 2.78 bits per heavy atom. The number of aliphatic imine (C=N–C) groups is 1. The Labute approximate surface area is 164 Å². The molecule has 1 aliphatic heterocycles. The first-order valence-corrected chi connectivity index (χ1v) is 9.32. The fourth-order valence-corrected chi connectivity index (χ4v) is 3.34. The Morgan fingerprint density at radius 1 is 1.26 bits per heavy atom. The fourth-order valence-electron chi connectivity index (χ4n) is 3.14. The van der Waals surface area contributed by atoms with Crippen LogP contribution >= 0.6 is 11.6 Å². The summed E-state index contributed by atoms with van der Waals surface area (Å²) in [7, 11) is 1.63. The van der Waals surface area contributed by atoms with Crippen molar-refractivity contribution in [2.75, 3.05) is 45.3 Å². The van der Waals surface area contributed by atoms with E-state index in [2.05, 4.69) is 21.3 Å². The van der Waals surface area contributed by atoms with Gasteiger partial charge in [-0.15, -0.1) is 0 Å². The number of halogens is 1. The molecule has 6 nitrogen and oxygen atoms in total. The van der Waals surface area contributed by atoms with E-state index in [1.165, 1.54) is 0 Å². The van der Waals surface area contributed by atoms with Crippen molar-refractivity contribution in [1.29, 1.82) is 0 Å². The summed E-state index contributed by atoms with van der Waals surface area (Å²) in [5.74, 6) is 1.06. The molecule has 1 fully saturated rings. The standard InChI is InChI=1S/C20H25ClN4O2/c1-26-19-8-3-2-7-17(19)24-20(22)23-14-18(25-9-11-27-12-10-25)15-5-4-6-16(21)13-15/h2-8,13,18H,9-12,14H2,1H3,(H3,22,23,24). The van der Waals surface area contributed by atoms with Gasteiger partial charge in [0.05, 0.1) is 38.6 Å². The monoisotopic (exact) mass is 388 g/mol. The number of rotatable bonds is 6. The maximum absolute atomic E-state index is 6.20. The Kier molecular flexibility index (Phi) is 6.92. The number of ether oxygens (including phenoxy) is 2. The van der Waals surface area contributed by atoms with Crippen LogP contribution in [0.3, 0.4) is 0 Å². The molecular formula is C20H25ClN4O2. The van der Waals surface area contributed by atoms with Crippen LogP contribution < -0.4 is 15.8 Å². The lowest BCUT2D eigenvalue weighted by molar-refractivity contribution is 0.0180. The predicted molar refractivity (Wildman–Crippen MR) is 110 cm³/mol. The van der Waals surface area contributed by atoms with E-state index >= 15 is 0 Å². The van der Waals surface area contributed by atoms with Crippen LogP contribution in [0, 0.1) is 0 Å². The minimum absolute atomic E-state index is 0.0885. The van der Waals surface area contributed by atoms with Crippen LogP contribution in [-0.4, -0.2) is 50.8 Å². The third-order valence-electron chi connectivity index (χ3n) is 4.52. The molecule has 0 radical (unpaired) electrons. The second-order valence-corrected chi connectivity index (χ2v) is 6.71. The number of nitrogens with zero attached hydrogens (tertiary/aromatic N) is 2. The summed E-state index contributed by atoms with van der Waals surface area (Å²) in [6.45, 7) is 3.67. The number of benzene rings is 2. The first-order valence-electron chi connectivity index (χ1n) is 8.94. The van der Waals surface area contributed by atoms with Gasteiger partial charge in [0, 0.05) is 18.1 Å². The van der Waals surface area contributed by atoms with E-state index < -0.39 is 0 Å². The number of methoxy groups -OCH3 is 1. The molecule has 0 saturated carbocycles. The summed E-state index contributed by atoms with van der Waals surface area (Å²) < 4.78 is 10.8. The highest BCUT2D eigenvalue weighted by Crippen LogP contribution is 2.25. The van der Waals surface area contributed by atoms with Crippen molar-refractivity contribution in [1.82, 2.24) is 4.90 Å². The third kappa shape index (κ3) is 5.35. The van der Waals surface area contributed by atoms with E-state index in [1.54, 1.807) is 7.11 Å². The van der Waals surface area contributed by atoms with Gasteiger partial charge in [0.2, 0.25) is 0 Å². The number of anilines is 1. The van der Waals surface area contributed by atoms with Crippen molar-refractivity contribution in [3.8, 4) is 5.75 Å². The van der Waals surface area contributed by atoms with Crippen LogP contribution in [0.15, 0.2) is 53.5 Å². The molecule has 1 saturated heterocycles. The molecule has 1 heterocycles. The zero-order valence-electron chi connectivity index (χ0n) is 15.4. The van der Waals surface area contributed by atoms with Gasteiger partial charge in [-0.1, -0.05) is 35.9 Å². The van der Waals surface area contributed by atoms with Crippen LogP contribution in [0.25, 0.3) is 0 Å². The van der Waals surface area contributed by atoms with Gasteiger partial charge in [-0.3, -0.25) is 9.89 Å². The Morgan fingerprint density at radius 2 is 2.04 bits per heavy atom. The quantitative estimate of drug-likeness (QED) is 0.587. The summed E-state index contributed by atoms with van der Waals surface area (Å²) in [5, 5.41) is 3.83. The lowest BCUT2D eigenvalue weighted by Crippen LogP contribution is -2.40. The molecule has 1 unspecified atom stereocenters. The van der Waals surface area contributed by atoms with Crippen molar-refractivity contribution < 1.29 is 9.47 Å². The first-order chi connectivity index (χ1) is 13.2. The molecule has 0 amide bonds. The predicted octanol–water partition coefficient (Wildman–Crippen LogP) is 3.15. The van der Waals surface area contributed by atoms with Gasteiger partial charge < -0.3 is 20.5 Å². The topological polar surface area (TPSA) is 72.1 Å². The van der Waals surface area contributed by atoms with Crippen molar-refractivity contribution in [2.24, 2.45) is 10.7 Å². The van der Waals surface area contributed by atoms with Gasteiger partial charge in [0.15, 0.2) is 5.96 Å². The Hall–Kier alpha value is -2.28. The third-order valence-corrected chi connectivity index (χ3v) is 4.76. The highest BCUT2D eigenvalue weighted by molar-refractivity contribution is 6.30. The van der Waals surface area contributed by atoms with E-state index in [-0.39, 0.29) is 6.04 Å². The molecule has 27 heavy (non-hydrogen) atoms. The number of para-hydroxylation sites is 2. The number of nitrogens with one attached hydrogen (secondary N) is 1. The van der Waals surface area contributed by atoms with E-state index in [1.807, 2.05) is 42.5 Å². The summed E-state index contributed by atoms with van der Waals surface area (Å²) >= 11 is 6.20. The minimum atomic E-state index is 0.0885. The number of guanidine groups is 1. The molecule has 7 heteroatoms. The van der Waals surface area contributed by atoms with Crippen molar-refractivity contribution in [3.63, 3.8) is 0 Å². The number of hydrogen-bond acceptors (Lipinski definition) is 4. The van der Waals surface area contributed by atoms with E-state index in [9.17, 15) is 0 Å². The molecular weight excluding hydrogens is 364 g/mol. The summed E-state index contributed by atoms with van der Waals surface area (Å²) in [5.41, 5.74) is 8.04. The lowest BCUT2D eigenvalue weighted by Gasteiger charge is -2.34. The second kappa shape index (κ2) is 9.60. The molecule has 144 valence electrons. The smallest absolute Gasteiger partial charge is 0.193 e. The number of hydrogen-bond donors (Lipinski definition) is 2. The van der Waals surface area contributed by atoms with E-state index in [0.29, 0.717) is 12.5 Å². The summed E-state index contributed by atoms with van der Waals surface area (Å²) in [4.78, 5) is 6.93. The van der Waals surface area contributed by atoms with Crippen LogP contribution in [0.2, 0.25) is 5.02 Å². The summed E-state index contributed by atoms with van der Waals surface area (Å²) in [6, 6.07) is 15.6. The average molecular weight is 389 g/mol. The Bertz CT molecular complexity index is 778. The minimum Gasteiger partial charge on any atom is -0.495 e. The van der Waals surface area contributed by atoms with Gasteiger partial charge >= 0.3 is 0 Å². The highest BCUT2D eigenvalue weighted by atomic mass is 35.5. The van der Waals surface area contributed by atoms with Gasteiger partial charge in [-0.05, 0) is 29.8 Å². The average Bonchev–Trinajstić information content (AvgIpc) is 2.69. The van der Waals surface area contributed by atoms with E-state index in [0.717, 1.165) is 48.3 Å². The molecule has 3 rings (SSSR count). The molecule has 0 aliphatic carbocycles. The van der Waals surface area contributed by atoms with Gasteiger partial charge in [0.25, 0.3) is 0 Å². The van der Waals surface area contributed by atoms with E-state index in [4.69, 9.17) is 26.8 Å². The molecule has 3 N–H and O–H groups in total. The molecule has 0 aromatic heterocycles. The first kappa shape index (κ1) is 19.5. The van der Waals surface area contributed by atoms with Crippen molar-refractivity contribution >= 4 is 23.2 Å². The molecule has 2 aromatic rings. The molecule has 2 aromatic carbocycles. The van der Waals surface area contributed by atoms with Crippen LogP contribution in [0.4, 0.5) is 5.69 Å². The molecule has 1 aliphatic rings. The maximum Gasteiger partial charge on any atom is 0.193 e. The second-order valence-electron chi connectivity index (χ2n) is 6.27. The number of morpholine rings is 1. The van der Waals surface area contributed by atoms with Crippen LogP contribution in [-0.2, 0) is 4.74 Å². The zero-order chi connectivity index (χ0) is 19.1.